The lowest BCUT2D eigenvalue weighted by molar-refractivity contribution is -0.123. The summed E-state index contributed by atoms with van der Waals surface area (Å²) in [7, 11) is 1.83. The minimum atomic E-state index is -0.604. The van der Waals surface area contributed by atoms with E-state index in [9.17, 15) is 4.79 Å². The highest BCUT2D eigenvalue weighted by Crippen LogP contribution is 2.39. The molecule has 198 valence electrons. The zero-order valence-corrected chi connectivity index (χ0v) is 22.4. The highest BCUT2D eigenvalue weighted by atomic mass is 35.5. The second-order valence-electron chi connectivity index (χ2n) is 10.3. The van der Waals surface area contributed by atoms with Crippen molar-refractivity contribution in [2.45, 2.75) is 52.0 Å². The largest absolute Gasteiger partial charge is 0.354 e. The predicted octanol–water partition coefficient (Wildman–Crippen LogP) is 3.93. The van der Waals surface area contributed by atoms with Gasteiger partial charge in [-0.3, -0.25) is 9.89 Å². The minimum Gasteiger partial charge on any atom is -0.354 e. The van der Waals surface area contributed by atoms with Gasteiger partial charge in [0.05, 0.1) is 16.4 Å². The van der Waals surface area contributed by atoms with Crippen LogP contribution < -0.4 is 26.6 Å². The molecule has 1 unspecified atom stereocenters. The molecule has 0 aliphatic heterocycles. The van der Waals surface area contributed by atoms with Crippen molar-refractivity contribution in [2.24, 2.45) is 11.1 Å². The molecule has 37 heavy (non-hydrogen) atoms. The maximum Gasteiger partial charge on any atom is 0.243 e. The first-order valence-electron chi connectivity index (χ1n) is 12.5. The number of nitrogens with zero attached hydrogens (tertiary/aromatic N) is 5. The van der Waals surface area contributed by atoms with Crippen LogP contribution in [0.3, 0.4) is 0 Å². The Morgan fingerprint density at radius 1 is 1.22 bits per heavy atom. The number of halogens is 1. The van der Waals surface area contributed by atoms with Gasteiger partial charge >= 0.3 is 0 Å². The Hall–Kier alpha value is -3.44. The Labute approximate surface area is 222 Å². The quantitative estimate of drug-likeness (QED) is 0.234. The number of anilines is 5. The van der Waals surface area contributed by atoms with E-state index in [4.69, 9.17) is 17.3 Å². The molecule has 1 aliphatic carbocycles. The van der Waals surface area contributed by atoms with Gasteiger partial charge in [-0.25, -0.2) is 0 Å². The molecule has 0 radical (unpaired) electrons. The average molecular weight is 527 g/mol. The summed E-state index contributed by atoms with van der Waals surface area (Å²) >= 11 is 6.44. The Bertz CT molecular complexity index is 1220. The molecule has 6 N–H and O–H groups in total. The fraction of sp³-hybridized carbons (Fsp3) is 0.480. The Morgan fingerprint density at radius 2 is 1.95 bits per heavy atom. The number of para-hydroxylation sites is 1. The van der Waals surface area contributed by atoms with E-state index < -0.39 is 11.5 Å². The second-order valence-corrected chi connectivity index (χ2v) is 10.7. The first-order valence-corrected chi connectivity index (χ1v) is 12.8. The van der Waals surface area contributed by atoms with Crippen LogP contribution in [0.15, 0.2) is 30.3 Å². The van der Waals surface area contributed by atoms with Crippen molar-refractivity contribution >= 4 is 46.9 Å². The Morgan fingerprint density at radius 3 is 2.62 bits per heavy atom. The van der Waals surface area contributed by atoms with E-state index >= 15 is 0 Å². The normalized spacial score (nSPS) is 14.2. The molecule has 1 saturated carbocycles. The van der Waals surface area contributed by atoms with Gasteiger partial charge in [0.15, 0.2) is 0 Å². The van der Waals surface area contributed by atoms with Gasteiger partial charge in [0, 0.05) is 25.6 Å². The molecule has 1 aromatic carbocycles. The van der Waals surface area contributed by atoms with E-state index in [0.717, 1.165) is 24.2 Å². The fourth-order valence-corrected chi connectivity index (χ4v) is 4.06. The highest BCUT2D eigenvalue weighted by Gasteiger charge is 2.32. The van der Waals surface area contributed by atoms with Crippen LogP contribution in [0, 0.1) is 5.41 Å². The van der Waals surface area contributed by atoms with Gasteiger partial charge in [-0.1, -0.05) is 44.5 Å². The number of carbonyl (C=O) groups excluding carboxylic acids is 1. The SMILES string of the molecule is CN(c1nc(Nc2cc(C3CC3)n[nH]2)nc(NC(C(=O)NCCCN)C(C)(C)C)n1)c1ccccc1Cl. The molecule has 1 fully saturated rings. The van der Waals surface area contributed by atoms with Crippen molar-refractivity contribution in [3.05, 3.63) is 41.0 Å². The van der Waals surface area contributed by atoms with Crippen LogP contribution in [0.4, 0.5) is 29.4 Å². The standard InChI is InChI=1S/C25H35ClN10O/c1-25(2,3)20(21(37)28-13-7-12-27)30-23-31-22(29-19-14-17(34-35-19)15-10-11-15)32-24(33-23)36(4)18-9-6-5-8-16(18)26/h5-6,8-9,14-15,20H,7,10-13,27H2,1-4H3,(H,28,37)(H3,29,30,31,32,33,34,35). The summed E-state index contributed by atoms with van der Waals surface area (Å²) in [5.74, 6) is 1.94. The molecule has 1 atom stereocenters. The smallest absolute Gasteiger partial charge is 0.243 e. The van der Waals surface area contributed by atoms with Crippen molar-refractivity contribution < 1.29 is 4.79 Å². The van der Waals surface area contributed by atoms with Crippen molar-refractivity contribution in [1.82, 2.24) is 30.5 Å². The first-order chi connectivity index (χ1) is 17.7. The number of aromatic nitrogens is 5. The maximum atomic E-state index is 13.1. The van der Waals surface area contributed by atoms with Crippen LogP contribution in [0.2, 0.25) is 5.02 Å². The lowest BCUT2D eigenvalue weighted by Gasteiger charge is -2.30. The number of H-pyrrole nitrogens is 1. The van der Waals surface area contributed by atoms with Gasteiger partial charge in [-0.15, -0.1) is 0 Å². The van der Waals surface area contributed by atoms with Crippen LogP contribution in [0.25, 0.3) is 0 Å². The number of nitrogens with one attached hydrogen (secondary N) is 4. The molecule has 1 amide bonds. The number of rotatable bonds is 11. The van der Waals surface area contributed by atoms with Crippen molar-refractivity contribution in [2.75, 3.05) is 35.7 Å². The van der Waals surface area contributed by atoms with Crippen LogP contribution in [-0.4, -0.2) is 57.2 Å². The van der Waals surface area contributed by atoms with E-state index in [-0.39, 0.29) is 11.9 Å². The van der Waals surface area contributed by atoms with E-state index in [1.54, 1.807) is 11.0 Å². The number of carbonyl (C=O) groups is 1. The lowest BCUT2D eigenvalue weighted by Crippen LogP contribution is -2.48. The second kappa shape index (κ2) is 11.3. The molecule has 12 heteroatoms. The summed E-state index contributed by atoms with van der Waals surface area (Å²) in [4.78, 5) is 28.7. The molecular formula is C25H35ClN10O. The number of hydrogen-bond donors (Lipinski definition) is 5. The third-order valence-corrected chi connectivity index (χ3v) is 6.38. The van der Waals surface area contributed by atoms with Gasteiger partial charge in [-0.2, -0.15) is 20.1 Å². The number of benzene rings is 1. The topological polar surface area (TPSA) is 150 Å². The molecule has 2 heterocycles. The number of amides is 1. The molecule has 2 aromatic heterocycles. The van der Waals surface area contributed by atoms with Crippen LogP contribution in [0.5, 0.6) is 0 Å². The molecule has 0 spiro atoms. The van der Waals surface area contributed by atoms with Gasteiger partial charge in [0.2, 0.25) is 23.8 Å². The zero-order valence-electron chi connectivity index (χ0n) is 21.7. The number of hydrogen-bond acceptors (Lipinski definition) is 9. The zero-order chi connectivity index (χ0) is 26.6. The van der Waals surface area contributed by atoms with Crippen molar-refractivity contribution in [1.29, 1.82) is 0 Å². The molecule has 11 nitrogen and oxygen atoms in total. The highest BCUT2D eigenvalue weighted by molar-refractivity contribution is 6.33. The van der Waals surface area contributed by atoms with Crippen LogP contribution in [0.1, 0.15) is 51.6 Å². The molecule has 4 rings (SSSR count). The molecular weight excluding hydrogens is 492 g/mol. The molecule has 0 bridgehead atoms. The van der Waals surface area contributed by atoms with Crippen molar-refractivity contribution in [3.8, 4) is 0 Å². The third kappa shape index (κ3) is 6.86. The first kappa shape index (κ1) is 26.6. The summed E-state index contributed by atoms with van der Waals surface area (Å²) in [6.45, 7) is 6.94. The molecule has 0 saturated heterocycles. The monoisotopic (exact) mass is 526 g/mol. The Kier molecular flexibility index (Phi) is 8.13. The average Bonchev–Trinajstić information content (AvgIpc) is 3.60. The summed E-state index contributed by atoms with van der Waals surface area (Å²) in [6, 6.07) is 8.80. The van der Waals surface area contributed by atoms with Gasteiger partial charge < -0.3 is 26.6 Å². The van der Waals surface area contributed by atoms with Crippen molar-refractivity contribution in [3.63, 3.8) is 0 Å². The maximum absolute atomic E-state index is 13.1. The number of aromatic amines is 1. The molecule has 3 aromatic rings. The summed E-state index contributed by atoms with van der Waals surface area (Å²) in [5.41, 5.74) is 6.91. The summed E-state index contributed by atoms with van der Waals surface area (Å²) in [6.07, 6.45) is 3.00. The lowest BCUT2D eigenvalue weighted by atomic mass is 9.86. The van der Waals surface area contributed by atoms with Crippen LogP contribution >= 0.6 is 11.6 Å². The Balaban J connectivity index is 1.66. The van der Waals surface area contributed by atoms with Gasteiger partial charge in [0.25, 0.3) is 0 Å². The van der Waals surface area contributed by atoms with Crippen LogP contribution in [-0.2, 0) is 4.79 Å². The minimum absolute atomic E-state index is 0.153. The van der Waals surface area contributed by atoms with E-state index in [1.165, 1.54) is 0 Å². The number of nitrogens with two attached hydrogens (primary N) is 1. The fourth-order valence-electron chi connectivity index (χ4n) is 3.80. The summed E-state index contributed by atoms with van der Waals surface area (Å²) < 4.78 is 0. The predicted molar refractivity (Wildman–Crippen MR) is 147 cm³/mol. The van der Waals surface area contributed by atoms with E-state index in [1.807, 2.05) is 52.1 Å². The molecule has 1 aliphatic rings. The van der Waals surface area contributed by atoms with Gasteiger partial charge in [0.1, 0.15) is 11.9 Å². The van der Waals surface area contributed by atoms with E-state index in [0.29, 0.717) is 48.2 Å². The summed E-state index contributed by atoms with van der Waals surface area (Å²) in [5, 5.41) is 17.3. The van der Waals surface area contributed by atoms with Gasteiger partial charge in [-0.05, 0) is 43.4 Å². The third-order valence-electron chi connectivity index (χ3n) is 6.06. The van der Waals surface area contributed by atoms with E-state index in [2.05, 4.69) is 41.1 Å².